The van der Waals surface area contributed by atoms with E-state index in [0.29, 0.717) is 0 Å². The van der Waals surface area contributed by atoms with Gasteiger partial charge in [-0.15, -0.1) is 0 Å². The van der Waals surface area contributed by atoms with E-state index in [0.717, 1.165) is 36.3 Å². The second-order valence-corrected chi connectivity index (χ2v) is 6.40. The zero-order chi connectivity index (χ0) is 16.5. The Bertz CT molecular complexity index is 881. The van der Waals surface area contributed by atoms with Crippen molar-refractivity contribution in [3.05, 3.63) is 88.7 Å². The van der Waals surface area contributed by atoms with Crippen molar-refractivity contribution >= 4 is 0 Å². The fraction of sp³-hybridized carbons (Fsp3) is 0.182. The van der Waals surface area contributed by atoms with E-state index in [2.05, 4.69) is 43.3 Å². The number of rotatable bonds is 3. The van der Waals surface area contributed by atoms with Crippen LogP contribution in [0.15, 0.2) is 60.7 Å². The van der Waals surface area contributed by atoms with Crippen molar-refractivity contribution in [2.45, 2.75) is 19.8 Å². The number of hydrogen-bond acceptors (Lipinski definition) is 1. The third-order valence-corrected chi connectivity index (χ3v) is 4.49. The van der Waals surface area contributed by atoms with E-state index in [-0.39, 0.29) is 5.82 Å². The van der Waals surface area contributed by atoms with Crippen LogP contribution in [0.25, 0.3) is 11.1 Å². The molecule has 0 fully saturated rings. The Morgan fingerprint density at radius 3 is 2.58 bits per heavy atom. The Morgan fingerprint density at radius 1 is 0.958 bits per heavy atom. The minimum absolute atomic E-state index is 0.193. The molecule has 0 saturated carbocycles. The topological polar surface area (TPSA) is 9.23 Å². The predicted molar refractivity (Wildman–Crippen MR) is 95.0 cm³/mol. The average molecular weight is 318 g/mol. The van der Waals surface area contributed by atoms with Gasteiger partial charge in [0.2, 0.25) is 0 Å². The SMILES string of the molecule is Cc1cccc(-c2cc(Cc3ccc(F)cc3)cc3c2OCC3)c1. The van der Waals surface area contributed by atoms with Crippen LogP contribution in [-0.4, -0.2) is 6.61 Å². The zero-order valence-corrected chi connectivity index (χ0v) is 13.7. The number of aryl methyl sites for hydroxylation is 1. The quantitative estimate of drug-likeness (QED) is 0.634. The predicted octanol–water partition coefficient (Wildman–Crippen LogP) is 5.33. The molecule has 0 unspecified atom stereocenters. The standard InChI is InChI=1S/C22H19FO/c1-15-3-2-4-18(11-15)21-14-17(13-19-9-10-24-22(19)21)12-16-5-7-20(23)8-6-16/h2-8,11,13-14H,9-10,12H2,1H3. The van der Waals surface area contributed by atoms with E-state index in [1.807, 2.05) is 12.1 Å². The molecule has 1 nitrogen and oxygen atoms in total. The molecule has 4 rings (SSSR count). The molecule has 1 heterocycles. The van der Waals surface area contributed by atoms with Gasteiger partial charge < -0.3 is 4.74 Å². The van der Waals surface area contributed by atoms with Gasteiger partial charge in [0.05, 0.1) is 6.61 Å². The van der Waals surface area contributed by atoms with Gasteiger partial charge in [-0.25, -0.2) is 4.39 Å². The number of hydrogen-bond donors (Lipinski definition) is 0. The Kier molecular flexibility index (Phi) is 3.81. The normalized spacial score (nSPS) is 12.8. The summed E-state index contributed by atoms with van der Waals surface area (Å²) in [6, 6.07) is 19.7. The highest BCUT2D eigenvalue weighted by Gasteiger charge is 2.19. The molecular weight excluding hydrogens is 299 g/mol. The molecule has 3 aromatic rings. The van der Waals surface area contributed by atoms with Crippen LogP contribution in [0.2, 0.25) is 0 Å². The zero-order valence-electron chi connectivity index (χ0n) is 13.7. The molecule has 0 amide bonds. The summed E-state index contributed by atoms with van der Waals surface area (Å²) in [5, 5.41) is 0. The largest absolute Gasteiger partial charge is 0.492 e. The van der Waals surface area contributed by atoms with Gasteiger partial charge in [-0.2, -0.15) is 0 Å². The maximum absolute atomic E-state index is 13.1. The van der Waals surface area contributed by atoms with Crippen LogP contribution < -0.4 is 4.74 Å². The summed E-state index contributed by atoms with van der Waals surface area (Å²) in [4.78, 5) is 0. The lowest BCUT2D eigenvalue weighted by atomic mass is 9.94. The molecule has 0 aromatic heterocycles. The van der Waals surface area contributed by atoms with E-state index in [9.17, 15) is 4.39 Å². The minimum Gasteiger partial charge on any atom is -0.492 e. The van der Waals surface area contributed by atoms with Gasteiger partial charge in [0.15, 0.2) is 0 Å². The lowest BCUT2D eigenvalue weighted by Crippen LogP contribution is -1.93. The summed E-state index contributed by atoms with van der Waals surface area (Å²) in [5.41, 5.74) is 7.21. The van der Waals surface area contributed by atoms with Crippen LogP contribution in [0.1, 0.15) is 22.3 Å². The van der Waals surface area contributed by atoms with Crippen LogP contribution in [-0.2, 0) is 12.8 Å². The van der Waals surface area contributed by atoms with Crippen LogP contribution in [0, 0.1) is 12.7 Å². The molecule has 2 heteroatoms. The smallest absolute Gasteiger partial charge is 0.130 e. The lowest BCUT2D eigenvalue weighted by Gasteiger charge is -2.12. The highest BCUT2D eigenvalue weighted by molar-refractivity contribution is 5.74. The van der Waals surface area contributed by atoms with Crippen molar-refractivity contribution in [3.63, 3.8) is 0 Å². The minimum atomic E-state index is -0.193. The molecule has 0 aliphatic carbocycles. The molecule has 24 heavy (non-hydrogen) atoms. The second kappa shape index (κ2) is 6.12. The number of ether oxygens (including phenoxy) is 1. The third-order valence-electron chi connectivity index (χ3n) is 4.49. The van der Waals surface area contributed by atoms with Crippen molar-refractivity contribution in [2.24, 2.45) is 0 Å². The third kappa shape index (κ3) is 2.92. The molecule has 0 bridgehead atoms. The van der Waals surface area contributed by atoms with Crippen LogP contribution in [0.5, 0.6) is 5.75 Å². The van der Waals surface area contributed by atoms with Crippen LogP contribution >= 0.6 is 0 Å². The summed E-state index contributed by atoms with van der Waals surface area (Å²) < 4.78 is 19.0. The first-order valence-corrected chi connectivity index (χ1v) is 8.29. The van der Waals surface area contributed by atoms with E-state index in [4.69, 9.17) is 4.74 Å². The van der Waals surface area contributed by atoms with Crippen molar-refractivity contribution in [1.82, 2.24) is 0 Å². The van der Waals surface area contributed by atoms with Crippen molar-refractivity contribution < 1.29 is 9.13 Å². The van der Waals surface area contributed by atoms with Gasteiger partial charge in [0.25, 0.3) is 0 Å². The van der Waals surface area contributed by atoms with Gasteiger partial charge in [-0.3, -0.25) is 0 Å². The molecule has 0 N–H and O–H groups in total. The molecule has 120 valence electrons. The highest BCUT2D eigenvalue weighted by atomic mass is 19.1. The Balaban J connectivity index is 1.76. The average Bonchev–Trinajstić information content (AvgIpc) is 3.05. The summed E-state index contributed by atoms with van der Waals surface area (Å²) >= 11 is 0. The number of fused-ring (bicyclic) bond motifs is 1. The molecule has 0 saturated heterocycles. The van der Waals surface area contributed by atoms with E-state index in [1.165, 1.54) is 34.4 Å². The van der Waals surface area contributed by atoms with Gasteiger partial charge in [0.1, 0.15) is 11.6 Å². The van der Waals surface area contributed by atoms with Crippen molar-refractivity contribution in [3.8, 4) is 16.9 Å². The summed E-state index contributed by atoms with van der Waals surface area (Å²) in [6.07, 6.45) is 1.75. The van der Waals surface area contributed by atoms with Gasteiger partial charge >= 0.3 is 0 Å². The first-order valence-electron chi connectivity index (χ1n) is 8.29. The van der Waals surface area contributed by atoms with Crippen molar-refractivity contribution in [1.29, 1.82) is 0 Å². The lowest BCUT2D eigenvalue weighted by molar-refractivity contribution is 0.358. The monoisotopic (exact) mass is 318 g/mol. The van der Waals surface area contributed by atoms with Gasteiger partial charge in [-0.1, -0.05) is 48.0 Å². The van der Waals surface area contributed by atoms with Gasteiger partial charge in [-0.05, 0) is 53.8 Å². The van der Waals surface area contributed by atoms with E-state index < -0.39 is 0 Å². The fourth-order valence-electron chi connectivity index (χ4n) is 3.34. The molecule has 3 aromatic carbocycles. The molecule has 0 radical (unpaired) electrons. The highest BCUT2D eigenvalue weighted by Crippen LogP contribution is 2.38. The van der Waals surface area contributed by atoms with Crippen LogP contribution in [0.4, 0.5) is 4.39 Å². The number of benzene rings is 3. The van der Waals surface area contributed by atoms with E-state index in [1.54, 1.807) is 0 Å². The molecule has 0 atom stereocenters. The van der Waals surface area contributed by atoms with Crippen LogP contribution in [0.3, 0.4) is 0 Å². The van der Waals surface area contributed by atoms with E-state index >= 15 is 0 Å². The number of halogens is 1. The van der Waals surface area contributed by atoms with Gasteiger partial charge in [0, 0.05) is 12.0 Å². The summed E-state index contributed by atoms with van der Waals surface area (Å²) in [7, 11) is 0. The summed E-state index contributed by atoms with van der Waals surface area (Å²) in [5.74, 6) is 0.824. The first-order chi connectivity index (χ1) is 11.7. The fourth-order valence-corrected chi connectivity index (χ4v) is 3.34. The maximum Gasteiger partial charge on any atom is 0.130 e. The summed E-state index contributed by atoms with van der Waals surface area (Å²) in [6.45, 7) is 2.85. The molecular formula is C22H19FO. The molecule has 1 aliphatic rings. The Labute approximate surface area is 141 Å². The van der Waals surface area contributed by atoms with Crippen molar-refractivity contribution in [2.75, 3.05) is 6.61 Å². The Hall–Kier alpha value is -2.61. The Morgan fingerprint density at radius 2 is 1.79 bits per heavy atom. The first kappa shape index (κ1) is 14.9. The molecule has 0 spiro atoms. The second-order valence-electron chi connectivity index (χ2n) is 6.40. The molecule has 1 aliphatic heterocycles. The maximum atomic E-state index is 13.1.